The molecule has 0 heterocycles. The number of hydrogen-bond donors (Lipinski definition) is 1. The molecule has 9 heteroatoms. The van der Waals surface area contributed by atoms with Crippen LogP contribution in [0.3, 0.4) is 0 Å². The van der Waals surface area contributed by atoms with Crippen molar-refractivity contribution in [1.29, 1.82) is 0 Å². The third-order valence-electron chi connectivity index (χ3n) is 3.35. The molecule has 156 valence electrons. The summed E-state index contributed by atoms with van der Waals surface area (Å²) in [5, 5.41) is 2.26. The van der Waals surface area contributed by atoms with E-state index in [0.29, 0.717) is 11.6 Å². The third kappa shape index (κ3) is 8.79. The molecule has 0 unspecified atom stereocenters. The van der Waals surface area contributed by atoms with E-state index in [4.69, 9.17) is 4.74 Å². The minimum Gasteiger partial charge on any atom is -0.444 e. The van der Waals surface area contributed by atoms with Gasteiger partial charge in [-0.3, -0.25) is 0 Å². The molecule has 1 aromatic carbocycles. The number of carbonyl (C=O) groups excluding carboxylic acids is 2. The number of carbonyl (C=O) groups is 2. The lowest BCUT2D eigenvalue weighted by Gasteiger charge is -2.26. The third-order valence-corrected chi connectivity index (χ3v) is 3.35. The molecule has 28 heavy (non-hydrogen) atoms. The van der Waals surface area contributed by atoms with Gasteiger partial charge < -0.3 is 19.5 Å². The van der Waals surface area contributed by atoms with Crippen LogP contribution < -0.4 is 5.32 Å². The summed E-state index contributed by atoms with van der Waals surface area (Å²) in [5.74, 6) is 0. The summed E-state index contributed by atoms with van der Waals surface area (Å²) in [6.45, 7) is 4.14. The van der Waals surface area contributed by atoms with Gasteiger partial charge in [-0.15, -0.1) is 0 Å². The van der Waals surface area contributed by atoms with Gasteiger partial charge in [-0.1, -0.05) is 30.3 Å². The molecule has 0 fully saturated rings. The molecule has 0 spiro atoms. The van der Waals surface area contributed by atoms with Crippen molar-refractivity contribution in [2.24, 2.45) is 0 Å². The van der Waals surface area contributed by atoms with E-state index in [-0.39, 0.29) is 6.42 Å². The van der Waals surface area contributed by atoms with Gasteiger partial charge in [0.2, 0.25) is 0 Å². The van der Waals surface area contributed by atoms with Crippen LogP contribution in [0.15, 0.2) is 42.0 Å². The molecule has 1 atom stereocenters. The van der Waals surface area contributed by atoms with Gasteiger partial charge in [0.1, 0.15) is 12.2 Å². The largest absolute Gasteiger partial charge is 0.508 e. The van der Waals surface area contributed by atoms with E-state index in [1.165, 1.54) is 0 Å². The number of nitrogens with one attached hydrogen (secondary N) is 1. The number of alkyl halides is 3. The molecule has 0 bridgehead atoms. The zero-order valence-electron chi connectivity index (χ0n) is 16.1. The van der Waals surface area contributed by atoms with Gasteiger partial charge in [0.25, 0.3) is 0 Å². The van der Waals surface area contributed by atoms with E-state index in [1.807, 2.05) is 0 Å². The molecule has 1 aromatic rings. The molecular formula is C19H24F3NO5. The summed E-state index contributed by atoms with van der Waals surface area (Å²) in [5.41, 5.74) is -1.36. The van der Waals surface area contributed by atoms with Crippen molar-refractivity contribution < 1.29 is 37.0 Å². The lowest BCUT2D eigenvalue weighted by molar-refractivity contribution is -0.0971. The average Bonchev–Trinajstić information content (AvgIpc) is 2.56. The van der Waals surface area contributed by atoms with Gasteiger partial charge in [-0.05, 0) is 38.8 Å². The lowest BCUT2D eigenvalue weighted by atomic mass is 9.98. The maximum atomic E-state index is 13.6. The van der Waals surface area contributed by atoms with E-state index in [0.717, 1.165) is 7.11 Å². The molecule has 0 saturated carbocycles. The second-order valence-corrected chi connectivity index (χ2v) is 6.81. The Bertz CT molecular complexity index is 681. The van der Waals surface area contributed by atoms with Crippen LogP contribution in [0.25, 0.3) is 0 Å². The minimum absolute atomic E-state index is 0.135. The Hall–Kier alpha value is -2.71. The van der Waals surface area contributed by atoms with Crippen LogP contribution in [0.2, 0.25) is 0 Å². The number of halogens is 3. The maximum Gasteiger partial charge on any atom is 0.508 e. The highest BCUT2D eigenvalue weighted by atomic mass is 19.4. The normalized spacial score (nSPS) is 13.5. The van der Waals surface area contributed by atoms with Crippen molar-refractivity contribution in [2.75, 3.05) is 13.7 Å². The second kappa shape index (κ2) is 10.0. The number of hydrogen-bond acceptors (Lipinski definition) is 5. The predicted octanol–water partition coefficient (Wildman–Crippen LogP) is 4.39. The summed E-state index contributed by atoms with van der Waals surface area (Å²) >= 11 is 0. The molecule has 0 aliphatic rings. The van der Waals surface area contributed by atoms with Crippen LogP contribution in [0, 0.1) is 0 Å². The molecule has 0 aromatic heterocycles. The van der Waals surface area contributed by atoms with Crippen LogP contribution in [-0.2, 0) is 20.6 Å². The van der Waals surface area contributed by atoms with Crippen molar-refractivity contribution in [1.82, 2.24) is 5.32 Å². The highest BCUT2D eigenvalue weighted by Gasteiger charge is 2.39. The molecule has 1 N–H and O–H groups in total. The maximum absolute atomic E-state index is 13.6. The SMILES string of the molecule is COC(=O)OC/C=C(/[C@H](Cc1ccccc1)NC(=O)OC(C)(C)C)C(F)(F)F. The number of ether oxygens (including phenoxy) is 3. The fourth-order valence-electron chi connectivity index (χ4n) is 2.25. The highest BCUT2D eigenvalue weighted by molar-refractivity contribution is 5.69. The summed E-state index contributed by atoms with van der Waals surface area (Å²) in [7, 11) is 1.04. The number of rotatable bonds is 6. The molecule has 0 radical (unpaired) electrons. The van der Waals surface area contributed by atoms with Crippen molar-refractivity contribution >= 4 is 12.2 Å². The Morgan fingerprint density at radius 2 is 1.75 bits per heavy atom. The first-order chi connectivity index (χ1) is 12.9. The molecule has 0 aliphatic carbocycles. The van der Waals surface area contributed by atoms with E-state index < -0.39 is 42.2 Å². The Morgan fingerprint density at radius 1 is 1.14 bits per heavy atom. The number of benzene rings is 1. The van der Waals surface area contributed by atoms with E-state index in [1.54, 1.807) is 51.1 Å². The first kappa shape index (κ1) is 23.3. The number of amides is 1. The van der Waals surface area contributed by atoms with Gasteiger partial charge >= 0.3 is 18.4 Å². The number of alkyl carbamates (subject to hydrolysis) is 1. The van der Waals surface area contributed by atoms with E-state index >= 15 is 0 Å². The smallest absolute Gasteiger partial charge is 0.444 e. The predicted molar refractivity (Wildman–Crippen MR) is 95.8 cm³/mol. The van der Waals surface area contributed by atoms with Crippen molar-refractivity contribution in [3.05, 3.63) is 47.5 Å². The molecular weight excluding hydrogens is 379 g/mol. The zero-order valence-corrected chi connectivity index (χ0v) is 16.1. The van der Waals surface area contributed by atoms with Crippen LogP contribution in [-0.4, -0.2) is 43.8 Å². The zero-order chi connectivity index (χ0) is 21.4. The molecule has 6 nitrogen and oxygen atoms in total. The lowest BCUT2D eigenvalue weighted by Crippen LogP contribution is -2.44. The van der Waals surface area contributed by atoms with Crippen LogP contribution in [0.5, 0.6) is 0 Å². The highest BCUT2D eigenvalue weighted by Crippen LogP contribution is 2.30. The van der Waals surface area contributed by atoms with Gasteiger partial charge in [-0.25, -0.2) is 9.59 Å². The first-order valence-electron chi connectivity index (χ1n) is 8.44. The number of methoxy groups -OCH3 is 1. The topological polar surface area (TPSA) is 73.9 Å². The monoisotopic (exact) mass is 403 g/mol. The van der Waals surface area contributed by atoms with Crippen molar-refractivity contribution in [3.8, 4) is 0 Å². The molecule has 1 amide bonds. The van der Waals surface area contributed by atoms with Crippen molar-refractivity contribution in [2.45, 2.75) is 45.0 Å². The van der Waals surface area contributed by atoms with E-state index in [2.05, 4.69) is 14.8 Å². The Labute approximate surface area is 161 Å². The quantitative estimate of drug-likeness (QED) is 0.563. The first-order valence-corrected chi connectivity index (χ1v) is 8.44. The minimum atomic E-state index is -4.77. The van der Waals surface area contributed by atoms with Gasteiger partial charge in [0.05, 0.1) is 18.7 Å². The standard InChI is InChI=1S/C19H24F3NO5/c1-18(2,3)28-16(24)23-15(12-13-8-6-5-7-9-13)14(19(20,21)22)10-11-27-17(25)26-4/h5-10,15H,11-12H2,1-4H3,(H,23,24)/b14-10-/t15-/m0/s1. The van der Waals surface area contributed by atoms with Gasteiger partial charge in [-0.2, -0.15) is 13.2 Å². The Kier molecular flexibility index (Phi) is 8.34. The summed E-state index contributed by atoms with van der Waals surface area (Å²) in [4.78, 5) is 23.1. The van der Waals surface area contributed by atoms with Crippen molar-refractivity contribution in [3.63, 3.8) is 0 Å². The average molecular weight is 403 g/mol. The van der Waals surface area contributed by atoms with Gasteiger partial charge in [0, 0.05) is 0 Å². The second-order valence-electron chi connectivity index (χ2n) is 6.81. The fraction of sp³-hybridized carbons (Fsp3) is 0.474. The van der Waals surface area contributed by atoms with Crippen LogP contribution in [0.1, 0.15) is 26.3 Å². The molecule has 1 rings (SSSR count). The molecule has 0 aliphatic heterocycles. The summed E-state index contributed by atoms with van der Waals surface area (Å²) in [6, 6.07) is 6.92. The Morgan fingerprint density at radius 3 is 2.25 bits per heavy atom. The Balaban J connectivity index is 3.13. The van der Waals surface area contributed by atoms with Gasteiger partial charge in [0.15, 0.2) is 0 Å². The fourth-order valence-corrected chi connectivity index (χ4v) is 2.25. The summed E-state index contributed by atoms with van der Waals surface area (Å²) in [6.07, 6.45) is -6.31. The van der Waals surface area contributed by atoms with Crippen LogP contribution >= 0.6 is 0 Å². The summed E-state index contributed by atoms with van der Waals surface area (Å²) < 4.78 is 54.7. The van der Waals surface area contributed by atoms with Crippen LogP contribution in [0.4, 0.5) is 22.8 Å². The molecule has 0 saturated heterocycles. The van der Waals surface area contributed by atoms with E-state index in [9.17, 15) is 22.8 Å².